The van der Waals surface area contributed by atoms with Gasteiger partial charge in [-0.25, -0.2) is 4.98 Å². The second-order valence-electron chi connectivity index (χ2n) is 5.84. The number of hydrogen-bond acceptors (Lipinski definition) is 6. The maximum Gasteiger partial charge on any atom is 0.228 e. The number of anilines is 1. The van der Waals surface area contributed by atoms with Gasteiger partial charge in [0.1, 0.15) is 0 Å². The molecule has 0 atom stereocenters. The van der Waals surface area contributed by atoms with Gasteiger partial charge < -0.3 is 9.80 Å². The fourth-order valence-corrected chi connectivity index (χ4v) is 3.54. The average Bonchev–Trinajstić information content (AvgIpc) is 3.00. The van der Waals surface area contributed by atoms with Crippen molar-refractivity contribution in [1.29, 1.82) is 0 Å². The molecule has 0 spiro atoms. The van der Waals surface area contributed by atoms with Crippen molar-refractivity contribution in [3.05, 3.63) is 34.4 Å². The molecule has 0 unspecified atom stereocenters. The summed E-state index contributed by atoms with van der Waals surface area (Å²) in [4.78, 5) is 20.9. The highest BCUT2D eigenvalue weighted by Gasteiger charge is 2.26. The second kappa shape index (κ2) is 7.04. The summed E-state index contributed by atoms with van der Waals surface area (Å²) in [7, 11) is 2.05. The minimum atomic E-state index is 0.177. The number of thiazole rings is 1. The van der Waals surface area contributed by atoms with Gasteiger partial charge in [0.25, 0.3) is 0 Å². The Morgan fingerprint density at radius 2 is 2.22 bits per heavy atom. The Morgan fingerprint density at radius 1 is 1.43 bits per heavy atom. The van der Waals surface area contributed by atoms with Crippen LogP contribution in [0.15, 0.2) is 23.7 Å². The molecule has 7 heteroatoms. The van der Waals surface area contributed by atoms with E-state index in [4.69, 9.17) is 0 Å². The number of hydrogen-bond donors (Lipinski definition) is 0. The van der Waals surface area contributed by atoms with E-state index in [2.05, 4.69) is 20.1 Å². The molecule has 0 N–H and O–H groups in total. The van der Waals surface area contributed by atoms with Crippen molar-refractivity contribution in [1.82, 2.24) is 20.1 Å². The predicted octanol–water partition coefficient (Wildman–Crippen LogP) is 1.91. The van der Waals surface area contributed by atoms with Crippen LogP contribution in [0.3, 0.4) is 0 Å². The van der Waals surface area contributed by atoms with Gasteiger partial charge in [-0.1, -0.05) is 0 Å². The van der Waals surface area contributed by atoms with E-state index in [-0.39, 0.29) is 5.91 Å². The summed E-state index contributed by atoms with van der Waals surface area (Å²) >= 11 is 1.59. The van der Waals surface area contributed by atoms with Gasteiger partial charge in [0.15, 0.2) is 5.82 Å². The molecular weight excluding hydrogens is 310 g/mol. The van der Waals surface area contributed by atoms with Gasteiger partial charge in [0, 0.05) is 37.8 Å². The van der Waals surface area contributed by atoms with Crippen LogP contribution in [0.4, 0.5) is 5.82 Å². The van der Waals surface area contributed by atoms with Crippen LogP contribution in [-0.4, -0.2) is 52.2 Å². The highest BCUT2D eigenvalue weighted by Crippen LogP contribution is 2.20. The van der Waals surface area contributed by atoms with E-state index in [1.807, 2.05) is 36.4 Å². The van der Waals surface area contributed by atoms with Crippen molar-refractivity contribution in [2.45, 2.75) is 32.2 Å². The molecule has 1 amide bonds. The SMILES string of the molecule is Cc1nc(CC(=O)N2CCC(N(C)c3cccnn3)CC2)cs1. The molecule has 6 nitrogen and oxygen atoms in total. The smallest absolute Gasteiger partial charge is 0.228 e. The van der Waals surface area contributed by atoms with Crippen LogP contribution in [0.2, 0.25) is 0 Å². The van der Waals surface area contributed by atoms with Gasteiger partial charge in [-0.05, 0) is 31.9 Å². The van der Waals surface area contributed by atoms with Crippen molar-refractivity contribution in [2.24, 2.45) is 0 Å². The third kappa shape index (κ3) is 3.85. The molecular formula is C16H21N5OS. The number of nitrogens with zero attached hydrogens (tertiary/aromatic N) is 5. The molecule has 122 valence electrons. The quantitative estimate of drug-likeness (QED) is 0.856. The number of carbonyl (C=O) groups is 1. The zero-order valence-electron chi connectivity index (χ0n) is 13.5. The fraction of sp³-hybridized carbons (Fsp3) is 0.500. The monoisotopic (exact) mass is 331 g/mol. The Hall–Kier alpha value is -2.02. The summed E-state index contributed by atoms with van der Waals surface area (Å²) in [6.07, 6.45) is 4.00. The summed E-state index contributed by atoms with van der Waals surface area (Å²) < 4.78 is 0. The van der Waals surface area contributed by atoms with E-state index in [1.165, 1.54) is 0 Å². The number of piperidine rings is 1. The molecule has 1 aliphatic heterocycles. The van der Waals surface area contributed by atoms with Crippen LogP contribution in [0.5, 0.6) is 0 Å². The molecule has 0 bridgehead atoms. The maximum atomic E-state index is 12.4. The predicted molar refractivity (Wildman–Crippen MR) is 90.6 cm³/mol. The number of rotatable bonds is 4. The van der Waals surface area contributed by atoms with Gasteiger partial charge in [-0.2, -0.15) is 5.10 Å². The molecule has 2 aromatic rings. The summed E-state index contributed by atoms with van der Waals surface area (Å²) in [6.45, 7) is 3.54. The summed E-state index contributed by atoms with van der Waals surface area (Å²) in [5.74, 6) is 1.06. The van der Waals surface area contributed by atoms with Gasteiger partial charge in [0.05, 0.1) is 17.1 Å². The first kappa shape index (κ1) is 15.9. The largest absolute Gasteiger partial charge is 0.355 e. The third-order valence-electron chi connectivity index (χ3n) is 4.28. The van der Waals surface area contributed by atoms with Crippen LogP contribution < -0.4 is 4.90 Å². The first-order chi connectivity index (χ1) is 11.1. The van der Waals surface area contributed by atoms with Crippen LogP contribution >= 0.6 is 11.3 Å². The van der Waals surface area contributed by atoms with E-state index >= 15 is 0 Å². The lowest BCUT2D eigenvalue weighted by Gasteiger charge is -2.37. The summed E-state index contributed by atoms with van der Waals surface area (Å²) in [5, 5.41) is 11.1. The second-order valence-corrected chi connectivity index (χ2v) is 6.90. The molecule has 0 saturated carbocycles. The van der Waals surface area contributed by atoms with Gasteiger partial charge in [-0.15, -0.1) is 16.4 Å². The highest BCUT2D eigenvalue weighted by molar-refractivity contribution is 7.09. The lowest BCUT2D eigenvalue weighted by Crippen LogP contribution is -2.46. The van der Waals surface area contributed by atoms with Crippen molar-refractivity contribution >= 4 is 23.1 Å². The average molecular weight is 331 g/mol. The Morgan fingerprint density at radius 3 is 2.83 bits per heavy atom. The van der Waals surface area contributed by atoms with Crippen LogP contribution in [-0.2, 0) is 11.2 Å². The van der Waals surface area contributed by atoms with E-state index in [0.717, 1.165) is 42.5 Å². The zero-order chi connectivity index (χ0) is 16.2. The number of carbonyl (C=O) groups excluding carboxylic acids is 1. The molecule has 0 aliphatic carbocycles. The normalized spacial score (nSPS) is 15.7. The molecule has 1 saturated heterocycles. The summed E-state index contributed by atoms with van der Waals surface area (Å²) in [5.41, 5.74) is 0.885. The van der Waals surface area contributed by atoms with Gasteiger partial charge in [0.2, 0.25) is 5.91 Å². The molecule has 2 aromatic heterocycles. The number of likely N-dealkylation sites (tertiary alicyclic amines) is 1. The molecule has 0 radical (unpaired) electrons. The third-order valence-corrected chi connectivity index (χ3v) is 5.11. The van der Waals surface area contributed by atoms with Crippen molar-refractivity contribution < 1.29 is 4.79 Å². The van der Waals surface area contributed by atoms with Crippen molar-refractivity contribution in [2.75, 3.05) is 25.0 Å². The minimum absolute atomic E-state index is 0.177. The van der Waals surface area contributed by atoms with E-state index in [1.54, 1.807) is 17.5 Å². The Labute approximate surface area is 140 Å². The lowest BCUT2D eigenvalue weighted by atomic mass is 10.0. The van der Waals surface area contributed by atoms with Crippen molar-refractivity contribution in [3.63, 3.8) is 0 Å². The fourth-order valence-electron chi connectivity index (χ4n) is 2.93. The van der Waals surface area contributed by atoms with Gasteiger partial charge >= 0.3 is 0 Å². The topological polar surface area (TPSA) is 62.2 Å². The molecule has 23 heavy (non-hydrogen) atoms. The zero-order valence-corrected chi connectivity index (χ0v) is 14.3. The van der Waals surface area contributed by atoms with Crippen LogP contribution in [0.25, 0.3) is 0 Å². The Bertz CT molecular complexity index is 652. The Balaban J connectivity index is 1.53. The number of amides is 1. The number of aryl methyl sites for hydroxylation is 1. The summed E-state index contributed by atoms with van der Waals surface area (Å²) in [6, 6.07) is 4.26. The molecule has 0 aromatic carbocycles. The highest BCUT2D eigenvalue weighted by atomic mass is 32.1. The first-order valence-electron chi connectivity index (χ1n) is 7.83. The minimum Gasteiger partial charge on any atom is -0.355 e. The van der Waals surface area contributed by atoms with Crippen molar-refractivity contribution in [3.8, 4) is 0 Å². The van der Waals surface area contributed by atoms with Crippen LogP contribution in [0, 0.1) is 6.92 Å². The molecule has 1 fully saturated rings. The number of aromatic nitrogens is 3. The lowest BCUT2D eigenvalue weighted by molar-refractivity contribution is -0.131. The first-order valence-corrected chi connectivity index (χ1v) is 8.71. The Kier molecular flexibility index (Phi) is 4.85. The molecule has 3 heterocycles. The van der Waals surface area contributed by atoms with E-state index in [9.17, 15) is 4.79 Å². The van der Waals surface area contributed by atoms with Crippen LogP contribution in [0.1, 0.15) is 23.5 Å². The van der Waals surface area contributed by atoms with E-state index < -0.39 is 0 Å². The van der Waals surface area contributed by atoms with E-state index in [0.29, 0.717) is 12.5 Å². The van der Waals surface area contributed by atoms with Gasteiger partial charge in [-0.3, -0.25) is 4.79 Å². The maximum absolute atomic E-state index is 12.4. The standard InChI is InChI=1S/C16H21N5OS/c1-12-18-13(11-23-12)10-16(22)21-8-5-14(6-9-21)20(2)15-4-3-7-17-19-15/h3-4,7,11,14H,5-6,8-10H2,1-2H3. The molecule has 3 rings (SSSR count). The molecule has 1 aliphatic rings.